The van der Waals surface area contributed by atoms with Crippen LogP contribution in [0.25, 0.3) is 0 Å². The minimum atomic E-state index is -0.183. The SMILES string of the molecule is CC1CCN(C(=O)c2ccc(NC(=O)c3ccc(CN)cc3)cc2)CC1. The average Bonchev–Trinajstić information content (AvgIpc) is 2.68. The third-order valence-electron chi connectivity index (χ3n) is 4.91. The topological polar surface area (TPSA) is 75.4 Å². The Bertz CT molecular complexity index is 761. The molecule has 2 amide bonds. The summed E-state index contributed by atoms with van der Waals surface area (Å²) in [5.74, 6) is 0.570. The van der Waals surface area contributed by atoms with Crippen molar-refractivity contribution in [2.24, 2.45) is 11.7 Å². The normalized spacial score (nSPS) is 14.9. The first-order chi connectivity index (χ1) is 12.6. The maximum atomic E-state index is 12.6. The monoisotopic (exact) mass is 351 g/mol. The van der Waals surface area contributed by atoms with Gasteiger partial charge in [-0.15, -0.1) is 0 Å². The molecule has 0 aliphatic carbocycles. The minimum Gasteiger partial charge on any atom is -0.339 e. The Balaban J connectivity index is 1.61. The first-order valence-electron chi connectivity index (χ1n) is 9.06. The summed E-state index contributed by atoms with van der Waals surface area (Å²) in [7, 11) is 0. The largest absolute Gasteiger partial charge is 0.339 e. The Morgan fingerprint density at radius 3 is 2.15 bits per heavy atom. The van der Waals surface area contributed by atoms with Crippen LogP contribution in [0.3, 0.4) is 0 Å². The van der Waals surface area contributed by atoms with E-state index in [1.165, 1.54) is 0 Å². The average molecular weight is 351 g/mol. The highest BCUT2D eigenvalue weighted by Crippen LogP contribution is 2.19. The molecule has 0 saturated carbocycles. The quantitative estimate of drug-likeness (QED) is 0.888. The second kappa shape index (κ2) is 8.15. The molecule has 1 fully saturated rings. The molecule has 0 spiro atoms. The second-order valence-electron chi connectivity index (χ2n) is 6.91. The Labute approximate surface area is 154 Å². The number of carbonyl (C=O) groups excluding carboxylic acids is 2. The predicted molar refractivity (Wildman–Crippen MR) is 103 cm³/mol. The van der Waals surface area contributed by atoms with Crippen molar-refractivity contribution in [2.75, 3.05) is 18.4 Å². The van der Waals surface area contributed by atoms with Gasteiger partial charge in [0, 0.05) is 36.4 Å². The molecule has 3 N–H and O–H groups in total. The molecule has 5 nitrogen and oxygen atoms in total. The molecule has 136 valence electrons. The maximum Gasteiger partial charge on any atom is 0.255 e. The molecule has 26 heavy (non-hydrogen) atoms. The van der Waals surface area contributed by atoms with Crippen LogP contribution in [0, 0.1) is 5.92 Å². The van der Waals surface area contributed by atoms with Gasteiger partial charge in [-0.2, -0.15) is 0 Å². The number of hydrogen-bond acceptors (Lipinski definition) is 3. The van der Waals surface area contributed by atoms with E-state index < -0.39 is 0 Å². The molecule has 1 heterocycles. The van der Waals surface area contributed by atoms with Gasteiger partial charge >= 0.3 is 0 Å². The zero-order valence-electron chi connectivity index (χ0n) is 15.1. The Hall–Kier alpha value is -2.66. The van der Waals surface area contributed by atoms with E-state index in [2.05, 4.69) is 12.2 Å². The lowest BCUT2D eigenvalue weighted by atomic mass is 9.98. The zero-order valence-corrected chi connectivity index (χ0v) is 15.1. The summed E-state index contributed by atoms with van der Waals surface area (Å²) >= 11 is 0. The molecule has 0 bridgehead atoms. The molecule has 1 aliphatic heterocycles. The highest BCUT2D eigenvalue weighted by atomic mass is 16.2. The molecule has 3 rings (SSSR count). The number of rotatable bonds is 4. The first-order valence-corrected chi connectivity index (χ1v) is 9.06. The molecular weight excluding hydrogens is 326 g/mol. The van der Waals surface area contributed by atoms with E-state index in [1.807, 2.05) is 17.0 Å². The van der Waals surface area contributed by atoms with Crippen LogP contribution in [0.15, 0.2) is 48.5 Å². The van der Waals surface area contributed by atoms with Crippen LogP contribution in [-0.2, 0) is 6.54 Å². The lowest BCUT2D eigenvalue weighted by molar-refractivity contribution is 0.0697. The fourth-order valence-corrected chi connectivity index (χ4v) is 3.09. The highest BCUT2D eigenvalue weighted by Gasteiger charge is 2.21. The molecule has 0 radical (unpaired) electrons. The van der Waals surface area contributed by atoms with Gasteiger partial charge in [0.2, 0.25) is 0 Å². The number of piperidine rings is 1. The number of likely N-dealkylation sites (tertiary alicyclic amines) is 1. The maximum absolute atomic E-state index is 12.6. The smallest absolute Gasteiger partial charge is 0.255 e. The van der Waals surface area contributed by atoms with Gasteiger partial charge in [-0.25, -0.2) is 0 Å². The molecular formula is C21H25N3O2. The van der Waals surface area contributed by atoms with Crippen molar-refractivity contribution >= 4 is 17.5 Å². The molecule has 0 aromatic heterocycles. The molecule has 2 aromatic rings. The molecule has 0 unspecified atom stereocenters. The Morgan fingerprint density at radius 1 is 1.00 bits per heavy atom. The number of benzene rings is 2. The Morgan fingerprint density at radius 2 is 1.58 bits per heavy atom. The van der Waals surface area contributed by atoms with E-state index in [-0.39, 0.29) is 11.8 Å². The van der Waals surface area contributed by atoms with Crippen molar-refractivity contribution in [1.29, 1.82) is 0 Å². The summed E-state index contributed by atoms with van der Waals surface area (Å²) in [5.41, 5.74) is 8.45. The van der Waals surface area contributed by atoms with Gasteiger partial charge in [-0.3, -0.25) is 9.59 Å². The van der Waals surface area contributed by atoms with Crippen LogP contribution in [-0.4, -0.2) is 29.8 Å². The van der Waals surface area contributed by atoms with Crippen molar-refractivity contribution in [1.82, 2.24) is 4.90 Å². The molecule has 1 saturated heterocycles. The standard InChI is InChI=1S/C21H25N3O2/c1-15-10-12-24(13-11-15)21(26)18-6-8-19(9-7-18)23-20(25)17-4-2-16(14-22)3-5-17/h2-9,15H,10-14,22H2,1H3,(H,23,25). The van der Waals surface area contributed by atoms with Crippen LogP contribution < -0.4 is 11.1 Å². The summed E-state index contributed by atoms with van der Waals surface area (Å²) in [6.07, 6.45) is 2.12. The van der Waals surface area contributed by atoms with E-state index in [0.29, 0.717) is 29.3 Å². The van der Waals surface area contributed by atoms with Gasteiger partial charge in [0.05, 0.1) is 0 Å². The highest BCUT2D eigenvalue weighted by molar-refractivity contribution is 6.04. The number of nitrogens with one attached hydrogen (secondary N) is 1. The summed E-state index contributed by atoms with van der Waals surface area (Å²) in [6.45, 7) is 4.31. The fraction of sp³-hybridized carbons (Fsp3) is 0.333. The van der Waals surface area contributed by atoms with E-state index >= 15 is 0 Å². The van der Waals surface area contributed by atoms with E-state index in [9.17, 15) is 9.59 Å². The van der Waals surface area contributed by atoms with Gasteiger partial charge in [-0.05, 0) is 60.7 Å². The third kappa shape index (κ3) is 4.29. The molecule has 2 aromatic carbocycles. The third-order valence-corrected chi connectivity index (χ3v) is 4.91. The molecule has 0 atom stereocenters. The zero-order chi connectivity index (χ0) is 18.5. The summed E-state index contributed by atoms with van der Waals surface area (Å²) < 4.78 is 0. The van der Waals surface area contributed by atoms with Crippen molar-refractivity contribution in [3.8, 4) is 0 Å². The van der Waals surface area contributed by atoms with Gasteiger partial charge in [-0.1, -0.05) is 19.1 Å². The number of nitrogens with two attached hydrogens (primary N) is 1. The predicted octanol–water partition coefficient (Wildman–Crippen LogP) is 3.27. The van der Waals surface area contributed by atoms with Crippen LogP contribution in [0.1, 0.15) is 46.0 Å². The lowest BCUT2D eigenvalue weighted by Crippen LogP contribution is -2.37. The minimum absolute atomic E-state index is 0.0622. The summed E-state index contributed by atoms with van der Waals surface area (Å²) in [5, 5.41) is 2.85. The van der Waals surface area contributed by atoms with Crippen LogP contribution in [0.4, 0.5) is 5.69 Å². The van der Waals surface area contributed by atoms with Crippen molar-refractivity contribution in [3.63, 3.8) is 0 Å². The van der Waals surface area contributed by atoms with Crippen LogP contribution in [0.2, 0.25) is 0 Å². The van der Waals surface area contributed by atoms with Crippen molar-refractivity contribution < 1.29 is 9.59 Å². The number of carbonyl (C=O) groups is 2. The Kier molecular flexibility index (Phi) is 5.68. The first kappa shape index (κ1) is 18.1. The van der Waals surface area contributed by atoms with Crippen molar-refractivity contribution in [2.45, 2.75) is 26.3 Å². The number of nitrogens with zero attached hydrogens (tertiary/aromatic N) is 1. The fourth-order valence-electron chi connectivity index (χ4n) is 3.09. The summed E-state index contributed by atoms with van der Waals surface area (Å²) in [4.78, 5) is 26.8. The number of amides is 2. The van der Waals surface area contributed by atoms with Crippen molar-refractivity contribution in [3.05, 3.63) is 65.2 Å². The molecule has 1 aliphatic rings. The number of anilines is 1. The number of hydrogen-bond donors (Lipinski definition) is 2. The lowest BCUT2D eigenvalue weighted by Gasteiger charge is -2.30. The van der Waals surface area contributed by atoms with Gasteiger partial charge in [0.1, 0.15) is 0 Å². The molecule has 5 heteroatoms. The van der Waals surface area contributed by atoms with E-state index in [4.69, 9.17) is 5.73 Å². The summed E-state index contributed by atoms with van der Waals surface area (Å²) in [6, 6.07) is 14.3. The van der Waals surface area contributed by atoms with Crippen LogP contribution >= 0.6 is 0 Å². The van der Waals surface area contributed by atoms with Gasteiger partial charge in [0.15, 0.2) is 0 Å². The second-order valence-corrected chi connectivity index (χ2v) is 6.91. The van der Waals surface area contributed by atoms with Crippen LogP contribution in [0.5, 0.6) is 0 Å². The van der Waals surface area contributed by atoms with E-state index in [0.717, 1.165) is 31.5 Å². The van der Waals surface area contributed by atoms with Gasteiger partial charge in [0.25, 0.3) is 11.8 Å². The van der Waals surface area contributed by atoms with Gasteiger partial charge < -0.3 is 16.0 Å². The van der Waals surface area contributed by atoms with E-state index in [1.54, 1.807) is 36.4 Å².